The number of carbonyl (C=O) groups is 2. The number of fused-ring (bicyclic) bond motifs is 1. The number of anilines is 2. The summed E-state index contributed by atoms with van der Waals surface area (Å²) in [5, 5.41) is 10.8. The summed E-state index contributed by atoms with van der Waals surface area (Å²) in [6.45, 7) is 2.76. The van der Waals surface area contributed by atoms with Gasteiger partial charge in [0.2, 0.25) is 0 Å². The third kappa shape index (κ3) is 4.02. The van der Waals surface area contributed by atoms with Crippen LogP contribution in [0.5, 0.6) is 0 Å². The zero-order valence-corrected chi connectivity index (χ0v) is 17.5. The van der Waals surface area contributed by atoms with Gasteiger partial charge >= 0.3 is 6.03 Å². The lowest BCUT2D eigenvalue weighted by Gasteiger charge is -2.27. The number of aromatic nitrogens is 2. The summed E-state index contributed by atoms with van der Waals surface area (Å²) < 4.78 is 1.73. The quantitative estimate of drug-likeness (QED) is 0.661. The summed E-state index contributed by atoms with van der Waals surface area (Å²) in [6, 6.07) is 14.4. The fraction of sp³-hybridized carbons (Fsp3) is 0.227. The number of hydrogen-bond acceptors (Lipinski definition) is 3. The summed E-state index contributed by atoms with van der Waals surface area (Å²) in [7, 11) is 1.82. The second kappa shape index (κ2) is 8.20. The van der Waals surface area contributed by atoms with Gasteiger partial charge in [-0.05, 0) is 36.8 Å². The molecule has 3 aromatic rings. The van der Waals surface area contributed by atoms with Crippen LogP contribution in [0.2, 0.25) is 5.02 Å². The van der Waals surface area contributed by atoms with Gasteiger partial charge in [0, 0.05) is 47.7 Å². The highest BCUT2D eigenvalue weighted by atomic mass is 35.5. The van der Waals surface area contributed by atoms with Crippen molar-refractivity contribution < 1.29 is 9.59 Å². The molecule has 2 N–H and O–H groups in total. The summed E-state index contributed by atoms with van der Waals surface area (Å²) >= 11 is 6.15. The molecule has 1 aromatic heterocycles. The molecule has 0 radical (unpaired) electrons. The van der Waals surface area contributed by atoms with E-state index in [1.54, 1.807) is 15.6 Å². The highest BCUT2D eigenvalue weighted by Gasteiger charge is 2.29. The topological polar surface area (TPSA) is 79.3 Å². The summed E-state index contributed by atoms with van der Waals surface area (Å²) in [6.07, 6.45) is 0.625. The average Bonchev–Trinajstić information content (AvgIpc) is 3.07. The van der Waals surface area contributed by atoms with Crippen LogP contribution < -0.4 is 10.6 Å². The van der Waals surface area contributed by atoms with Crippen LogP contribution in [0.25, 0.3) is 0 Å². The van der Waals surface area contributed by atoms with E-state index < -0.39 is 0 Å². The van der Waals surface area contributed by atoms with Crippen LogP contribution in [-0.2, 0) is 20.0 Å². The molecule has 0 unspecified atom stereocenters. The van der Waals surface area contributed by atoms with Crippen molar-refractivity contribution >= 4 is 34.9 Å². The van der Waals surface area contributed by atoms with Crippen LogP contribution in [0.3, 0.4) is 0 Å². The van der Waals surface area contributed by atoms with E-state index >= 15 is 0 Å². The van der Waals surface area contributed by atoms with Crippen LogP contribution >= 0.6 is 11.6 Å². The zero-order valence-electron chi connectivity index (χ0n) is 16.8. The maximum atomic E-state index is 12.8. The summed E-state index contributed by atoms with van der Waals surface area (Å²) in [4.78, 5) is 27.3. The van der Waals surface area contributed by atoms with Crippen molar-refractivity contribution in [1.29, 1.82) is 0 Å². The Bertz CT molecular complexity index is 1110. The molecular weight excluding hydrogens is 402 g/mol. The summed E-state index contributed by atoms with van der Waals surface area (Å²) in [5.74, 6) is -0.286. The first kappa shape index (κ1) is 20.0. The Morgan fingerprint density at radius 3 is 2.57 bits per heavy atom. The van der Waals surface area contributed by atoms with Gasteiger partial charge in [-0.25, -0.2) is 4.79 Å². The van der Waals surface area contributed by atoms with Crippen LogP contribution in [0.15, 0.2) is 48.5 Å². The third-order valence-corrected chi connectivity index (χ3v) is 5.61. The first-order valence-electron chi connectivity index (χ1n) is 9.65. The van der Waals surface area contributed by atoms with Crippen molar-refractivity contribution in [2.24, 2.45) is 7.05 Å². The van der Waals surface area contributed by atoms with Crippen LogP contribution in [0, 0.1) is 6.92 Å². The fourth-order valence-corrected chi connectivity index (χ4v) is 3.71. The molecule has 0 fully saturated rings. The van der Waals surface area contributed by atoms with Crippen molar-refractivity contribution in [2.75, 3.05) is 17.2 Å². The van der Waals surface area contributed by atoms with Crippen molar-refractivity contribution in [2.45, 2.75) is 19.9 Å². The second-order valence-corrected chi connectivity index (χ2v) is 7.69. The molecule has 1 aliphatic rings. The molecule has 2 aromatic carbocycles. The molecule has 3 amide bonds. The lowest BCUT2D eigenvalue weighted by Crippen LogP contribution is -2.39. The van der Waals surface area contributed by atoms with Crippen LogP contribution in [0.1, 0.15) is 27.3 Å². The molecule has 0 bridgehead atoms. The molecule has 0 spiro atoms. The number of para-hydroxylation sites is 1. The number of nitrogens with one attached hydrogen (secondary N) is 2. The number of nitrogens with zero attached hydrogens (tertiary/aromatic N) is 3. The minimum absolute atomic E-state index is 0.237. The largest absolute Gasteiger partial charge is 0.322 e. The van der Waals surface area contributed by atoms with E-state index in [4.69, 9.17) is 11.6 Å². The van der Waals surface area contributed by atoms with E-state index in [1.807, 2.05) is 56.4 Å². The second-order valence-electron chi connectivity index (χ2n) is 7.28. The van der Waals surface area contributed by atoms with E-state index in [0.717, 1.165) is 16.8 Å². The highest BCUT2D eigenvalue weighted by molar-refractivity contribution is 6.31. The first-order chi connectivity index (χ1) is 14.4. The molecule has 0 atom stereocenters. The standard InChI is InChI=1S/C22H22ClN5O2/c1-14-8-9-16(12-18(14)23)25-22(30)28-11-10-19-17(13-28)20(26-27(19)2)21(29)24-15-6-4-3-5-7-15/h3-9,12H,10-11,13H2,1-2H3,(H,24,29)(H,25,30). The monoisotopic (exact) mass is 423 g/mol. The maximum Gasteiger partial charge on any atom is 0.322 e. The minimum Gasteiger partial charge on any atom is -0.321 e. The molecule has 0 saturated carbocycles. The van der Waals surface area contributed by atoms with Crippen LogP contribution in [-0.4, -0.2) is 33.2 Å². The first-order valence-corrected chi connectivity index (χ1v) is 10.0. The fourth-order valence-electron chi connectivity index (χ4n) is 3.53. The van der Waals surface area contributed by atoms with Gasteiger partial charge in [-0.1, -0.05) is 35.9 Å². The van der Waals surface area contributed by atoms with E-state index in [0.29, 0.717) is 41.6 Å². The number of amides is 3. The SMILES string of the molecule is Cc1ccc(NC(=O)N2CCc3c(c(C(=O)Nc4ccccc4)nn3C)C2)cc1Cl. The van der Waals surface area contributed by atoms with Gasteiger partial charge in [0.15, 0.2) is 5.69 Å². The Balaban J connectivity index is 1.51. The van der Waals surface area contributed by atoms with Crippen molar-refractivity contribution in [3.63, 3.8) is 0 Å². The van der Waals surface area contributed by atoms with Gasteiger partial charge in [0.05, 0.1) is 6.54 Å². The van der Waals surface area contributed by atoms with Crippen molar-refractivity contribution in [1.82, 2.24) is 14.7 Å². The summed E-state index contributed by atoms with van der Waals surface area (Å²) in [5.41, 5.74) is 4.36. The van der Waals surface area contributed by atoms with E-state index in [-0.39, 0.29) is 11.9 Å². The number of rotatable bonds is 3. The van der Waals surface area contributed by atoms with Crippen molar-refractivity contribution in [3.05, 3.63) is 76.1 Å². The van der Waals surface area contributed by atoms with Gasteiger partial charge in [-0.2, -0.15) is 5.10 Å². The number of aryl methyl sites for hydroxylation is 2. The van der Waals surface area contributed by atoms with Gasteiger partial charge < -0.3 is 15.5 Å². The van der Waals surface area contributed by atoms with Gasteiger partial charge in [0.1, 0.15) is 0 Å². The van der Waals surface area contributed by atoms with Gasteiger partial charge in [-0.3, -0.25) is 9.48 Å². The normalized spacial score (nSPS) is 13.0. The molecular formula is C22H22ClN5O2. The zero-order chi connectivity index (χ0) is 21.3. The van der Waals surface area contributed by atoms with Gasteiger partial charge in [-0.15, -0.1) is 0 Å². The Morgan fingerprint density at radius 2 is 1.83 bits per heavy atom. The Morgan fingerprint density at radius 1 is 1.07 bits per heavy atom. The molecule has 30 heavy (non-hydrogen) atoms. The predicted molar refractivity (Wildman–Crippen MR) is 117 cm³/mol. The number of hydrogen-bond donors (Lipinski definition) is 2. The average molecular weight is 424 g/mol. The molecule has 0 aliphatic carbocycles. The molecule has 0 saturated heterocycles. The lowest BCUT2D eigenvalue weighted by molar-refractivity contribution is 0.101. The maximum absolute atomic E-state index is 12.8. The van der Waals surface area contributed by atoms with Crippen molar-refractivity contribution in [3.8, 4) is 0 Å². The van der Waals surface area contributed by atoms with E-state index in [2.05, 4.69) is 15.7 Å². The number of benzene rings is 2. The third-order valence-electron chi connectivity index (χ3n) is 5.20. The van der Waals surface area contributed by atoms with Crippen LogP contribution in [0.4, 0.5) is 16.2 Å². The number of urea groups is 1. The molecule has 4 rings (SSSR count). The van der Waals surface area contributed by atoms with E-state index in [9.17, 15) is 9.59 Å². The van der Waals surface area contributed by atoms with E-state index in [1.165, 1.54) is 0 Å². The highest BCUT2D eigenvalue weighted by Crippen LogP contribution is 2.25. The number of halogens is 1. The lowest BCUT2D eigenvalue weighted by atomic mass is 10.0. The predicted octanol–water partition coefficient (Wildman–Crippen LogP) is 4.22. The number of carbonyl (C=O) groups excluding carboxylic acids is 2. The molecule has 1 aliphatic heterocycles. The molecule has 7 nitrogen and oxygen atoms in total. The molecule has 8 heteroatoms. The Hall–Kier alpha value is -3.32. The molecule has 2 heterocycles. The Kier molecular flexibility index (Phi) is 5.46. The van der Waals surface area contributed by atoms with Gasteiger partial charge in [0.25, 0.3) is 5.91 Å². The smallest absolute Gasteiger partial charge is 0.321 e. The Labute approximate surface area is 179 Å². The molecule has 154 valence electrons. The minimum atomic E-state index is -0.286.